The van der Waals surface area contributed by atoms with E-state index >= 15 is 0 Å². The molecule has 0 amide bonds. The van der Waals surface area contributed by atoms with E-state index in [1.807, 2.05) is 35.8 Å². The van der Waals surface area contributed by atoms with Gasteiger partial charge in [0.2, 0.25) is 0 Å². The summed E-state index contributed by atoms with van der Waals surface area (Å²) in [5.41, 5.74) is 9.05. The van der Waals surface area contributed by atoms with Crippen molar-refractivity contribution < 1.29 is 14.3 Å². The Morgan fingerprint density at radius 2 is 2.10 bits per heavy atom. The summed E-state index contributed by atoms with van der Waals surface area (Å²) in [7, 11) is 0. The van der Waals surface area contributed by atoms with Gasteiger partial charge in [-0.2, -0.15) is 0 Å². The SMILES string of the molecule is CC(Cc1cccc(F)c1)C(=O)c1cn(CCO)c2cc(/C(C=N)=C/N)ccc12. The van der Waals surface area contributed by atoms with Crippen molar-refractivity contribution >= 4 is 28.5 Å². The predicted octanol–water partition coefficient (Wildman–Crippen LogP) is 3.78. The number of carbonyl (C=O) groups excluding carboxylic acids is 1. The van der Waals surface area contributed by atoms with E-state index in [4.69, 9.17) is 11.1 Å². The van der Waals surface area contributed by atoms with Gasteiger partial charge in [0, 0.05) is 53.1 Å². The molecule has 150 valence electrons. The number of aromatic nitrogens is 1. The fourth-order valence-corrected chi connectivity index (χ4v) is 3.56. The van der Waals surface area contributed by atoms with Crippen LogP contribution in [-0.2, 0) is 13.0 Å². The number of nitrogens with one attached hydrogen (secondary N) is 1. The van der Waals surface area contributed by atoms with Crippen molar-refractivity contribution in [3.63, 3.8) is 0 Å². The Labute approximate surface area is 168 Å². The normalized spacial score (nSPS) is 12.9. The Morgan fingerprint density at radius 1 is 1.31 bits per heavy atom. The Balaban J connectivity index is 1.99. The number of nitrogens with zero attached hydrogens (tertiary/aromatic N) is 1. The van der Waals surface area contributed by atoms with Crippen LogP contribution in [0.5, 0.6) is 0 Å². The molecule has 3 aromatic rings. The number of rotatable bonds is 8. The number of aliphatic hydroxyl groups excluding tert-OH is 1. The lowest BCUT2D eigenvalue weighted by Crippen LogP contribution is -2.14. The minimum atomic E-state index is -0.328. The van der Waals surface area contributed by atoms with Gasteiger partial charge in [0.1, 0.15) is 5.82 Å². The number of benzene rings is 2. The van der Waals surface area contributed by atoms with Crippen LogP contribution in [0, 0.1) is 17.1 Å². The molecule has 0 radical (unpaired) electrons. The summed E-state index contributed by atoms with van der Waals surface area (Å²) in [4.78, 5) is 13.2. The Morgan fingerprint density at radius 3 is 2.76 bits per heavy atom. The molecule has 2 aromatic carbocycles. The third-order valence-electron chi connectivity index (χ3n) is 5.04. The summed E-state index contributed by atoms with van der Waals surface area (Å²) in [5.74, 6) is -0.680. The molecular weight excluding hydrogens is 369 g/mol. The van der Waals surface area contributed by atoms with E-state index in [0.29, 0.717) is 24.1 Å². The smallest absolute Gasteiger partial charge is 0.168 e. The molecule has 29 heavy (non-hydrogen) atoms. The third kappa shape index (κ3) is 4.27. The first-order valence-corrected chi connectivity index (χ1v) is 9.43. The van der Waals surface area contributed by atoms with Crippen molar-refractivity contribution in [1.29, 1.82) is 5.41 Å². The van der Waals surface area contributed by atoms with Gasteiger partial charge in [-0.25, -0.2) is 4.39 Å². The number of aliphatic hydroxyl groups is 1. The highest BCUT2D eigenvalue weighted by atomic mass is 19.1. The highest BCUT2D eigenvalue weighted by molar-refractivity contribution is 6.12. The van der Waals surface area contributed by atoms with E-state index in [-0.39, 0.29) is 24.1 Å². The summed E-state index contributed by atoms with van der Waals surface area (Å²) >= 11 is 0. The van der Waals surface area contributed by atoms with Crippen LogP contribution in [-0.4, -0.2) is 28.3 Å². The fraction of sp³-hybridized carbons (Fsp3) is 0.217. The number of nitrogens with two attached hydrogens (primary N) is 1. The number of ketones is 1. The molecule has 0 aliphatic rings. The molecule has 0 saturated carbocycles. The fourth-order valence-electron chi connectivity index (χ4n) is 3.56. The first kappa shape index (κ1) is 20.5. The molecule has 3 rings (SSSR count). The molecule has 4 N–H and O–H groups in total. The van der Waals surface area contributed by atoms with Crippen LogP contribution in [0.2, 0.25) is 0 Å². The molecule has 0 fully saturated rings. The number of halogens is 1. The minimum absolute atomic E-state index is 0.0367. The van der Waals surface area contributed by atoms with Gasteiger partial charge in [0.15, 0.2) is 5.78 Å². The van der Waals surface area contributed by atoms with Crippen molar-refractivity contribution in [2.24, 2.45) is 11.7 Å². The average molecular weight is 393 g/mol. The quantitative estimate of drug-likeness (QED) is 0.402. The van der Waals surface area contributed by atoms with Crippen LogP contribution in [0.4, 0.5) is 4.39 Å². The maximum absolute atomic E-state index is 13.5. The van der Waals surface area contributed by atoms with Gasteiger partial charge >= 0.3 is 0 Å². The molecule has 1 atom stereocenters. The zero-order chi connectivity index (χ0) is 21.0. The van der Waals surface area contributed by atoms with Crippen molar-refractivity contribution in [2.75, 3.05) is 6.61 Å². The lowest BCUT2D eigenvalue weighted by molar-refractivity contribution is 0.0930. The van der Waals surface area contributed by atoms with Gasteiger partial charge in [0.05, 0.1) is 6.61 Å². The van der Waals surface area contributed by atoms with Crippen LogP contribution < -0.4 is 5.73 Å². The Kier molecular flexibility index (Phi) is 6.24. The highest BCUT2D eigenvalue weighted by Gasteiger charge is 2.21. The summed E-state index contributed by atoms with van der Waals surface area (Å²) in [5, 5.41) is 17.7. The van der Waals surface area contributed by atoms with Gasteiger partial charge in [-0.15, -0.1) is 0 Å². The van der Waals surface area contributed by atoms with Crippen molar-refractivity contribution in [3.05, 3.63) is 77.4 Å². The second-order valence-electron chi connectivity index (χ2n) is 7.06. The maximum atomic E-state index is 13.5. The van der Waals surface area contributed by atoms with Gasteiger partial charge in [-0.3, -0.25) is 4.79 Å². The van der Waals surface area contributed by atoms with E-state index in [1.165, 1.54) is 24.5 Å². The number of hydrogen-bond acceptors (Lipinski definition) is 4. The molecule has 1 aromatic heterocycles. The first-order chi connectivity index (χ1) is 14.0. The van der Waals surface area contributed by atoms with E-state index < -0.39 is 0 Å². The second-order valence-corrected chi connectivity index (χ2v) is 7.06. The summed E-state index contributed by atoms with van der Waals surface area (Å²) in [6.07, 6.45) is 4.73. The van der Waals surface area contributed by atoms with Crippen LogP contribution in [0.3, 0.4) is 0 Å². The summed E-state index contributed by atoms with van der Waals surface area (Å²) in [6, 6.07) is 11.8. The van der Waals surface area contributed by atoms with Gasteiger partial charge in [-0.05, 0) is 35.7 Å². The molecule has 0 bridgehead atoms. The van der Waals surface area contributed by atoms with Crippen molar-refractivity contribution in [2.45, 2.75) is 19.9 Å². The van der Waals surface area contributed by atoms with E-state index in [9.17, 15) is 14.3 Å². The molecule has 0 aliphatic heterocycles. The number of Topliss-reactive ketones (excluding diaryl/α,β-unsaturated/α-hetero) is 1. The van der Waals surface area contributed by atoms with Gasteiger partial charge in [0.25, 0.3) is 0 Å². The second kappa shape index (κ2) is 8.84. The topological polar surface area (TPSA) is 92.1 Å². The van der Waals surface area contributed by atoms with Crippen LogP contribution in [0.15, 0.2) is 54.9 Å². The average Bonchev–Trinajstić information content (AvgIpc) is 3.06. The molecule has 1 unspecified atom stereocenters. The largest absolute Gasteiger partial charge is 0.404 e. The first-order valence-electron chi connectivity index (χ1n) is 9.43. The Bertz CT molecular complexity index is 1080. The van der Waals surface area contributed by atoms with Crippen LogP contribution in [0.1, 0.15) is 28.4 Å². The zero-order valence-corrected chi connectivity index (χ0v) is 16.2. The molecule has 0 saturated heterocycles. The monoisotopic (exact) mass is 393 g/mol. The zero-order valence-electron chi connectivity index (χ0n) is 16.2. The van der Waals surface area contributed by atoms with Crippen LogP contribution in [0.25, 0.3) is 16.5 Å². The molecule has 0 aliphatic carbocycles. The predicted molar refractivity (Wildman–Crippen MR) is 114 cm³/mol. The third-order valence-corrected chi connectivity index (χ3v) is 5.04. The standard InChI is InChI=1S/C23H24FN3O2/c1-15(9-16-3-2-4-19(24)10-16)23(29)21-14-27(7-8-28)22-11-17(5-6-20(21)22)18(12-25)13-26/h2-6,10-15,25,28H,7-9,26H2,1H3/b18-13+,25-12?. The van der Waals surface area contributed by atoms with E-state index in [0.717, 1.165) is 22.0 Å². The van der Waals surface area contributed by atoms with E-state index in [1.54, 1.807) is 12.3 Å². The summed E-state index contributed by atoms with van der Waals surface area (Å²) in [6.45, 7) is 2.11. The van der Waals surface area contributed by atoms with Crippen molar-refractivity contribution in [1.82, 2.24) is 4.57 Å². The van der Waals surface area contributed by atoms with Crippen LogP contribution >= 0.6 is 0 Å². The van der Waals surface area contributed by atoms with E-state index in [2.05, 4.69) is 0 Å². The summed E-state index contributed by atoms with van der Waals surface area (Å²) < 4.78 is 15.3. The molecular formula is C23H24FN3O2. The molecule has 1 heterocycles. The van der Waals surface area contributed by atoms with Gasteiger partial charge < -0.3 is 20.8 Å². The van der Waals surface area contributed by atoms with Crippen molar-refractivity contribution in [3.8, 4) is 0 Å². The number of hydrogen-bond donors (Lipinski definition) is 3. The maximum Gasteiger partial charge on any atom is 0.168 e. The lowest BCUT2D eigenvalue weighted by atomic mass is 9.92. The number of fused-ring (bicyclic) bond motifs is 1. The highest BCUT2D eigenvalue weighted by Crippen LogP contribution is 2.28. The lowest BCUT2D eigenvalue weighted by Gasteiger charge is -2.10. The molecule has 0 spiro atoms. The number of allylic oxidation sites excluding steroid dienone is 1. The molecule has 6 heteroatoms. The number of carbonyl (C=O) groups is 1. The van der Waals surface area contributed by atoms with Gasteiger partial charge in [-0.1, -0.05) is 31.2 Å². The Hall–Kier alpha value is -3.25. The minimum Gasteiger partial charge on any atom is -0.404 e. The molecule has 5 nitrogen and oxygen atoms in total.